The highest BCUT2D eigenvalue weighted by Crippen LogP contribution is 2.27. The summed E-state index contributed by atoms with van der Waals surface area (Å²) in [5.41, 5.74) is 8.27. The van der Waals surface area contributed by atoms with E-state index >= 15 is 0 Å². The molecular formula is C16H12ClN7O. The molecule has 1 amide bonds. The Balaban J connectivity index is 1.68. The van der Waals surface area contributed by atoms with Crippen LogP contribution in [-0.4, -0.2) is 30.7 Å². The Hall–Kier alpha value is -3.39. The first-order valence-electron chi connectivity index (χ1n) is 7.33. The number of nitrogens with zero attached hydrogens (tertiary/aromatic N) is 4. The van der Waals surface area contributed by atoms with E-state index in [1.165, 1.54) is 10.7 Å². The molecule has 0 unspecified atom stereocenters. The molecule has 0 fully saturated rings. The number of hydrogen-bond donors (Lipinski definition) is 3. The van der Waals surface area contributed by atoms with E-state index in [1.807, 2.05) is 12.1 Å². The van der Waals surface area contributed by atoms with Crippen LogP contribution in [-0.2, 0) is 0 Å². The fraction of sp³-hybridized carbons (Fsp3) is 0. The highest BCUT2D eigenvalue weighted by Gasteiger charge is 2.17. The van der Waals surface area contributed by atoms with Crippen LogP contribution in [0.2, 0.25) is 5.02 Å². The molecule has 9 heteroatoms. The molecule has 0 aliphatic rings. The highest BCUT2D eigenvalue weighted by molar-refractivity contribution is 6.30. The number of aromatic nitrogens is 5. The van der Waals surface area contributed by atoms with Gasteiger partial charge in [0.25, 0.3) is 5.91 Å². The number of H-pyrrole nitrogens is 1. The molecule has 0 spiro atoms. The van der Waals surface area contributed by atoms with Gasteiger partial charge in [0, 0.05) is 23.0 Å². The monoisotopic (exact) mass is 353 g/mol. The van der Waals surface area contributed by atoms with E-state index in [0.717, 1.165) is 5.56 Å². The van der Waals surface area contributed by atoms with Crippen molar-refractivity contribution in [3.63, 3.8) is 0 Å². The Morgan fingerprint density at radius 3 is 3.04 bits per heavy atom. The van der Waals surface area contributed by atoms with Gasteiger partial charge < -0.3 is 11.1 Å². The van der Waals surface area contributed by atoms with Crippen molar-refractivity contribution in [2.75, 3.05) is 11.1 Å². The smallest absolute Gasteiger partial charge is 0.261 e. The summed E-state index contributed by atoms with van der Waals surface area (Å²) in [5.74, 6) is -0.0530. The molecule has 0 saturated carbocycles. The van der Waals surface area contributed by atoms with Crippen molar-refractivity contribution in [3.05, 3.63) is 59.5 Å². The summed E-state index contributed by atoms with van der Waals surface area (Å²) in [5, 5.41) is 14.4. The van der Waals surface area contributed by atoms with E-state index in [9.17, 15) is 4.79 Å². The third kappa shape index (κ3) is 2.79. The molecular weight excluding hydrogens is 342 g/mol. The zero-order valence-corrected chi connectivity index (χ0v) is 13.5. The zero-order valence-electron chi connectivity index (χ0n) is 12.8. The van der Waals surface area contributed by atoms with E-state index in [2.05, 4.69) is 25.6 Å². The Morgan fingerprint density at radius 1 is 1.32 bits per heavy atom. The molecule has 0 radical (unpaired) electrons. The van der Waals surface area contributed by atoms with Gasteiger partial charge in [-0.1, -0.05) is 23.7 Å². The molecule has 0 saturated heterocycles. The van der Waals surface area contributed by atoms with Gasteiger partial charge in [0.1, 0.15) is 17.1 Å². The summed E-state index contributed by atoms with van der Waals surface area (Å²) in [4.78, 5) is 16.8. The lowest BCUT2D eigenvalue weighted by Gasteiger charge is -2.05. The van der Waals surface area contributed by atoms with Crippen molar-refractivity contribution in [2.45, 2.75) is 0 Å². The van der Waals surface area contributed by atoms with Gasteiger partial charge in [0.2, 0.25) is 0 Å². The zero-order chi connectivity index (χ0) is 17.4. The largest absolute Gasteiger partial charge is 0.384 e. The Bertz CT molecular complexity index is 1080. The summed E-state index contributed by atoms with van der Waals surface area (Å²) >= 11 is 6.02. The van der Waals surface area contributed by atoms with E-state index < -0.39 is 0 Å². The second-order valence-corrected chi connectivity index (χ2v) is 5.73. The third-order valence-electron chi connectivity index (χ3n) is 3.62. The molecule has 0 aliphatic carbocycles. The van der Waals surface area contributed by atoms with Gasteiger partial charge in [-0.25, -0.2) is 9.50 Å². The molecule has 3 heterocycles. The lowest BCUT2D eigenvalue weighted by atomic mass is 10.1. The van der Waals surface area contributed by atoms with E-state index in [0.29, 0.717) is 33.4 Å². The average Bonchev–Trinajstić information content (AvgIpc) is 3.21. The van der Waals surface area contributed by atoms with Crippen molar-refractivity contribution in [1.29, 1.82) is 0 Å². The van der Waals surface area contributed by atoms with Gasteiger partial charge in [0.15, 0.2) is 5.65 Å². The number of nitrogens with two attached hydrogens (primary N) is 1. The Labute approximate surface area is 146 Å². The number of benzene rings is 1. The molecule has 1 aromatic carbocycles. The molecule has 3 aromatic heterocycles. The van der Waals surface area contributed by atoms with Gasteiger partial charge in [-0.3, -0.25) is 9.89 Å². The maximum Gasteiger partial charge on any atom is 0.261 e. The molecule has 0 aliphatic heterocycles. The van der Waals surface area contributed by atoms with Crippen LogP contribution < -0.4 is 11.1 Å². The molecule has 0 bridgehead atoms. The summed E-state index contributed by atoms with van der Waals surface area (Å²) < 4.78 is 1.48. The van der Waals surface area contributed by atoms with Crippen LogP contribution in [0, 0.1) is 0 Å². The van der Waals surface area contributed by atoms with Crippen LogP contribution >= 0.6 is 11.6 Å². The quantitative estimate of drug-likeness (QED) is 0.523. The summed E-state index contributed by atoms with van der Waals surface area (Å²) in [6, 6.07) is 8.82. The predicted octanol–water partition coefficient (Wildman–Crippen LogP) is 2.61. The number of carbonyl (C=O) groups is 1. The first kappa shape index (κ1) is 15.2. The number of aromatic amines is 1. The molecule has 4 N–H and O–H groups in total. The number of rotatable bonds is 3. The van der Waals surface area contributed by atoms with Crippen molar-refractivity contribution in [3.8, 4) is 11.3 Å². The SMILES string of the molecule is Nc1ccn2ncc(C(=O)Nc3c[nH]nc3-c3cccc(Cl)c3)c2n1. The number of nitrogen functional groups attached to an aromatic ring is 1. The minimum atomic E-state index is -0.363. The van der Waals surface area contributed by atoms with Crippen LogP contribution in [0.5, 0.6) is 0 Å². The summed E-state index contributed by atoms with van der Waals surface area (Å²) in [7, 11) is 0. The van der Waals surface area contributed by atoms with Gasteiger partial charge in [-0.15, -0.1) is 0 Å². The van der Waals surface area contributed by atoms with E-state index in [4.69, 9.17) is 17.3 Å². The third-order valence-corrected chi connectivity index (χ3v) is 3.86. The van der Waals surface area contributed by atoms with Gasteiger partial charge in [-0.05, 0) is 18.2 Å². The van der Waals surface area contributed by atoms with Crippen LogP contribution in [0.15, 0.2) is 48.9 Å². The maximum atomic E-state index is 12.6. The number of amides is 1. The summed E-state index contributed by atoms with van der Waals surface area (Å²) in [6.45, 7) is 0. The van der Waals surface area contributed by atoms with Crippen LogP contribution in [0.25, 0.3) is 16.9 Å². The Morgan fingerprint density at radius 2 is 2.20 bits per heavy atom. The number of anilines is 2. The predicted molar refractivity (Wildman–Crippen MR) is 94.4 cm³/mol. The van der Waals surface area contributed by atoms with Crippen molar-refractivity contribution in [2.24, 2.45) is 0 Å². The highest BCUT2D eigenvalue weighted by atomic mass is 35.5. The standard InChI is InChI=1S/C16H12ClN7O/c17-10-3-1-2-9(6-10)14-12(8-19-23-14)21-16(25)11-7-20-24-5-4-13(18)22-15(11)24/h1-8H,(H2,18,22)(H,19,23)(H,21,25). The molecule has 4 aromatic rings. The van der Waals surface area contributed by atoms with Gasteiger partial charge in [0.05, 0.1) is 11.9 Å². The van der Waals surface area contributed by atoms with Crippen molar-refractivity contribution < 1.29 is 4.79 Å². The fourth-order valence-corrected chi connectivity index (χ4v) is 2.66. The van der Waals surface area contributed by atoms with Gasteiger partial charge >= 0.3 is 0 Å². The normalized spacial score (nSPS) is 10.9. The second kappa shape index (κ2) is 5.91. The maximum absolute atomic E-state index is 12.6. The van der Waals surface area contributed by atoms with Crippen LogP contribution in [0.4, 0.5) is 11.5 Å². The first-order chi connectivity index (χ1) is 12.1. The van der Waals surface area contributed by atoms with Crippen LogP contribution in [0.1, 0.15) is 10.4 Å². The molecule has 8 nitrogen and oxygen atoms in total. The molecule has 0 atom stereocenters. The molecule has 124 valence electrons. The minimum absolute atomic E-state index is 0.310. The van der Waals surface area contributed by atoms with E-state index in [-0.39, 0.29) is 5.91 Å². The fourth-order valence-electron chi connectivity index (χ4n) is 2.47. The minimum Gasteiger partial charge on any atom is -0.384 e. The van der Waals surface area contributed by atoms with Crippen molar-refractivity contribution >= 4 is 34.7 Å². The number of hydrogen-bond acceptors (Lipinski definition) is 5. The lowest BCUT2D eigenvalue weighted by molar-refractivity contribution is 0.102. The first-order valence-corrected chi connectivity index (χ1v) is 7.70. The van der Waals surface area contributed by atoms with E-state index in [1.54, 1.807) is 30.6 Å². The number of carbonyl (C=O) groups excluding carboxylic acids is 1. The van der Waals surface area contributed by atoms with Crippen molar-refractivity contribution in [1.82, 2.24) is 24.8 Å². The van der Waals surface area contributed by atoms with Gasteiger partial charge in [-0.2, -0.15) is 10.2 Å². The number of fused-ring (bicyclic) bond motifs is 1. The van der Waals surface area contributed by atoms with Crippen LogP contribution in [0.3, 0.4) is 0 Å². The Kier molecular flexibility index (Phi) is 3.58. The molecule has 4 rings (SSSR count). The topological polar surface area (TPSA) is 114 Å². The number of nitrogens with one attached hydrogen (secondary N) is 2. The lowest BCUT2D eigenvalue weighted by Crippen LogP contribution is -2.12. The second-order valence-electron chi connectivity index (χ2n) is 5.29. The molecule has 25 heavy (non-hydrogen) atoms. The summed E-state index contributed by atoms with van der Waals surface area (Å²) in [6.07, 6.45) is 4.68. The average molecular weight is 354 g/mol. The number of halogens is 1.